The maximum atomic E-state index is 13.4. The molecule has 0 spiro atoms. The minimum Gasteiger partial charge on any atom is -0.395 e. The first-order valence-corrected chi connectivity index (χ1v) is 7.07. The number of hydrogen-bond donors (Lipinski definition) is 1. The van der Waals surface area contributed by atoms with Gasteiger partial charge in [-0.2, -0.15) is 0 Å². The Morgan fingerprint density at radius 3 is 2.89 bits per heavy atom. The number of hydrogen-bond acceptors (Lipinski definition) is 5. The van der Waals surface area contributed by atoms with Crippen LogP contribution in [0.2, 0.25) is 0 Å². The van der Waals surface area contributed by atoms with Gasteiger partial charge >= 0.3 is 0 Å². The molecule has 1 aromatic carbocycles. The van der Waals surface area contributed by atoms with Crippen LogP contribution in [0, 0.1) is 5.82 Å². The molecule has 1 saturated carbocycles. The van der Waals surface area contributed by atoms with E-state index in [9.17, 15) is 4.39 Å². The van der Waals surface area contributed by atoms with Crippen LogP contribution in [0.15, 0.2) is 28.3 Å². The maximum absolute atomic E-state index is 13.4. The van der Waals surface area contributed by atoms with E-state index in [2.05, 4.69) is 15.5 Å². The molecule has 100 valence electrons. The molecule has 7 heteroatoms. The molecule has 3 rings (SSSR count). The summed E-state index contributed by atoms with van der Waals surface area (Å²) in [7, 11) is 0. The summed E-state index contributed by atoms with van der Waals surface area (Å²) in [5.74, 6) is -0.412. The van der Waals surface area contributed by atoms with Crippen molar-refractivity contribution < 1.29 is 4.39 Å². The number of aromatic nitrogens is 4. The topological polar surface area (TPSA) is 69.6 Å². The van der Waals surface area contributed by atoms with E-state index in [4.69, 9.17) is 5.73 Å². The molecule has 0 unspecified atom stereocenters. The van der Waals surface area contributed by atoms with Gasteiger partial charge in [-0.15, -0.1) is 5.10 Å². The fourth-order valence-corrected chi connectivity index (χ4v) is 3.24. The minimum atomic E-state index is -0.412. The Balaban J connectivity index is 1.87. The second kappa shape index (κ2) is 5.16. The summed E-state index contributed by atoms with van der Waals surface area (Å²) in [5, 5.41) is 12.5. The van der Waals surface area contributed by atoms with Crippen LogP contribution in [-0.4, -0.2) is 20.2 Å². The minimum absolute atomic E-state index is 0.147. The number of tetrazole rings is 1. The van der Waals surface area contributed by atoms with Crippen molar-refractivity contribution in [3.63, 3.8) is 0 Å². The van der Waals surface area contributed by atoms with E-state index < -0.39 is 5.82 Å². The van der Waals surface area contributed by atoms with E-state index in [0.29, 0.717) is 16.1 Å². The van der Waals surface area contributed by atoms with Gasteiger partial charge in [0.05, 0.1) is 11.7 Å². The third-order valence-electron chi connectivity index (χ3n) is 3.35. The standard InChI is InChI=1S/C12H14FN5S/c13-9-6-3-7-10(11(9)14)19-12-15-16-17-18(12)8-4-1-2-5-8/h3,6-8H,1-2,4-5,14H2. The van der Waals surface area contributed by atoms with E-state index in [-0.39, 0.29) is 5.69 Å². The Bertz CT molecular complexity index is 579. The number of rotatable bonds is 3. The molecule has 0 radical (unpaired) electrons. The highest BCUT2D eigenvalue weighted by molar-refractivity contribution is 7.99. The lowest BCUT2D eigenvalue weighted by Crippen LogP contribution is -2.08. The molecule has 1 aromatic heterocycles. The van der Waals surface area contributed by atoms with Crippen LogP contribution < -0.4 is 5.73 Å². The highest BCUT2D eigenvalue weighted by atomic mass is 32.2. The van der Waals surface area contributed by atoms with E-state index in [1.807, 2.05) is 4.68 Å². The Morgan fingerprint density at radius 2 is 2.11 bits per heavy atom. The summed E-state index contributed by atoms with van der Waals surface area (Å²) < 4.78 is 15.2. The predicted octanol–water partition coefficient (Wildman–Crippen LogP) is 2.66. The van der Waals surface area contributed by atoms with Gasteiger partial charge < -0.3 is 5.73 Å². The van der Waals surface area contributed by atoms with Crippen LogP contribution in [0.5, 0.6) is 0 Å². The average Bonchev–Trinajstić information content (AvgIpc) is 3.05. The lowest BCUT2D eigenvalue weighted by molar-refractivity contribution is 0.423. The van der Waals surface area contributed by atoms with Crippen molar-refractivity contribution in [3.8, 4) is 0 Å². The zero-order valence-electron chi connectivity index (χ0n) is 10.3. The van der Waals surface area contributed by atoms with E-state index in [1.54, 1.807) is 12.1 Å². The fraction of sp³-hybridized carbons (Fsp3) is 0.417. The maximum Gasteiger partial charge on any atom is 0.214 e. The van der Waals surface area contributed by atoms with Gasteiger partial charge in [0, 0.05) is 4.90 Å². The van der Waals surface area contributed by atoms with E-state index in [1.165, 1.54) is 30.7 Å². The fourth-order valence-electron chi connectivity index (χ4n) is 2.34. The highest BCUT2D eigenvalue weighted by Gasteiger charge is 2.22. The molecular formula is C12H14FN5S. The first-order valence-electron chi connectivity index (χ1n) is 6.25. The monoisotopic (exact) mass is 279 g/mol. The first-order chi connectivity index (χ1) is 9.25. The molecule has 1 fully saturated rings. The van der Waals surface area contributed by atoms with Crippen molar-refractivity contribution in [1.82, 2.24) is 20.2 Å². The largest absolute Gasteiger partial charge is 0.395 e. The van der Waals surface area contributed by atoms with Crippen LogP contribution in [-0.2, 0) is 0 Å². The summed E-state index contributed by atoms with van der Waals surface area (Å²) in [6, 6.07) is 5.11. The van der Waals surface area contributed by atoms with Gasteiger partial charge in [-0.1, -0.05) is 18.9 Å². The number of benzene rings is 1. The van der Waals surface area contributed by atoms with Gasteiger partial charge in [0.1, 0.15) is 5.82 Å². The summed E-state index contributed by atoms with van der Waals surface area (Å²) in [4.78, 5) is 0.647. The van der Waals surface area contributed by atoms with Crippen molar-refractivity contribution in [2.24, 2.45) is 0 Å². The van der Waals surface area contributed by atoms with E-state index in [0.717, 1.165) is 12.8 Å². The van der Waals surface area contributed by atoms with Crippen molar-refractivity contribution >= 4 is 17.4 Å². The first kappa shape index (κ1) is 12.4. The Labute approximate surface area is 114 Å². The molecule has 1 aliphatic carbocycles. The number of para-hydroxylation sites is 1. The van der Waals surface area contributed by atoms with Crippen molar-refractivity contribution in [2.45, 2.75) is 41.8 Å². The van der Waals surface area contributed by atoms with Crippen molar-refractivity contribution in [3.05, 3.63) is 24.0 Å². The zero-order chi connectivity index (χ0) is 13.2. The molecule has 1 aliphatic rings. The second-order valence-electron chi connectivity index (χ2n) is 4.60. The van der Waals surface area contributed by atoms with Gasteiger partial charge in [-0.3, -0.25) is 0 Å². The molecule has 0 atom stereocenters. The molecule has 0 amide bonds. The summed E-state index contributed by atoms with van der Waals surface area (Å²) in [5.41, 5.74) is 5.88. The third kappa shape index (κ3) is 2.42. The van der Waals surface area contributed by atoms with Gasteiger partial charge in [0.2, 0.25) is 5.16 Å². The second-order valence-corrected chi connectivity index (χ2v) is 5.61. The molecule has 0 aliphatic heterocycles. The molecule has 1 heterocycles. The summed E-state index contributed by atoms with van der Waals surface area (Å²) >= 11 is 1.31. The lowest BCUT2D eigenvalue weighted by atomic mass is 10.3. The third-order valence-corrected chi connectivity index (χ3v) is 4.37. The average molecular weight is 279 g/mol. The Morgan fingerprint density at radius 1 is 1.32 bits per heavy atom. The van der Waals surface area contributed by atoms with Crippen LogP contribution in [0.3, 0.4) is 0 Å². The molecule has 2 aromatic rings. The molecule has 0 saturated heterocycles. The van der Waals surface area contributed by atoms with Crippen LogP contribution in [0.1, 0.15) is 31.7 Å². The van der Waals surface area contributed by atoms with Gasteiger partial charge in [0.25, 0.3) is 0 Å². The van der Waals surface area contributed by atoms with Crippen LogP contribution in [0.4, 0.5) is 10.1 Å². The molecule has 19 heavy (non-hydrogen) atoms. The molecule has 2 N–H and O–H groups in total. The number of nitrogens with two attached hydrogens (primary N) is 1. The lowest BCUT2D eigenvalue weighted by Gasteiger charge is -2.11. The van der Waals surface area contributed by atoms with Gasteiger partial charge in [0.15, 0.2) is 0 Å². The van der Waals surface area contributed by atoms with Gasteiger partial charge in [-0.05, 0) is 47.2 Å². The molecule has 5 nitrogen and oxygen atoms in total. The SMILES string of the molecule is Nc1c(F)cccc1Sc1nnnn1C1CCCC1. The smallest absolute Gasteiger partial charge is 0.214 e. The normalized spacial score (nSPS) is 16.1. The van der Waals surface area contributed by atoms with Crippen LogP contribution in [0.25, 0.3) is 0 Å². The Hall–Kier alpha value is -1.63. The zero-order valence-corrected chi connectivity index (χ0v) is 11.1. The highest BCUT2D eigenvalue weighted by Crippen LogP contribution is 2.36. The quantitative estimate of drug-likeness (QED) is 0.875. The predicted molar refractivity (Wildman–Crippen MR) is 70.3 cm³/mol. The van der Waals surface area contributed by atoms with E-state index >= 15 is 0 Å². The van der Waals surface area contributed by atoms with Crippen LogP contribution >= 0.6 is 11.8 Å². The Kier molecular flexibility index (Phi) is 3.37. The molecule has 0 bridgehead atoms. The summed E-state index contributed by atoms with van der Waals surface area (Å²) in [6.45, 7) is 0. The van der Waals surface area contributed by atoms with Gasteiger partial charge in [-0.25, -0.2) is 9.07 Å². The molecular weight excluding hydrogens is 265 g/mol. The number of anilines is 1. The van der Waals surface area contributed by atoms with Crippen molar-refractivity contribution in [1.29, 1.82) is 0 Å². The number of nitrogens with zero attached hydrogens (tertiary/aromatic N) is 4. The number of halogens is 1. The number of nitrogen functional groups attached to an aromatic ring is 1. The van der Waals surface area contributed by atoms with Crippen molar-refractivity contribution in [2.75, 3.05) is 5.73 Å². The summed E-state index contributed by atoms with van der Waals surface area (Å²) in [6.07, 6.45) is 4.60.